The number of alkyl halides is 3. The van der Waals surface area contributed by atoms with Gasteiger partial charge in [0, 0.05) is 56.0 Å². The third-order valence-corrected chi connectivity index (χ3v) is 7.32. The molecule has 216 valence electrons. The van der Waals surface area contributed by atoms with Gasteiger partial charge in [-0.3, -0.25) is 14.6 Å². The molecule has 0 radical (unpaired) electrons. The Morgan fingerprint density at radius 1 is 1.21 bits per heavy atom. The lowest BCUT2D eigenvalue weighted by Gasteiger charge is -2.37. The van der Waals surface area contributed by atoms with Crippen LogP contribution in [0.5, 0.6) is 5.88 Å². The van der Waals surface area contributed by atoms with Crippen molar-refractivity contribution in [1.29, 1.82) is 0 Å². The van der Waals surface area contributed by atoms with Crippen molar-refractivity contribution in [3.63, 3.8) is 0 Å². The zero-order valence-electron chi connectivity index (χ0n) is 23.3. The Morgan fingerprint density at radius 2 is 1.90 bits per heavy atom. The minimum Gasteiger partial charge on any atom is -0.474 e. The number of carbonyl (C=O) groups is 2. The molecule has 1 aromatic heterocycles. The third kappa shape index (κ3) is 7.51. The van der Waals surface area contributed by atoms with Crippen LogP contribution in [0.2, 0.25) is 0 Å². The van der Waals surface area contributed by atoms with Crippen LogP contribution in [0, 0.1) is 5.92 Å². The maximum Gasteiger partial charge on any atom is 0.421 e. The molecule has 1 aliphatic carbocycles. The van der Waals surface area contributed by atoms with E-state index in [9.17, 15) is 22.8 Å². The van der Waals surface area contributed by atoms with Crippen molar-refractivity contribution in [2.75, 3.05) is 26.2 Å². The number of aliphatic imine (C=N–C) groups is 1. The van der Waals surface area contributed by atoms with Gasteiger partial charge in [0.15, 0.2) is 0 Å². The second kappa shape index (κ2) is 13.3. The highest BCUT2D eigenvalue weighted by molar-refractivity contribution is 6.09. The van der Waals surface area contributed by atoms with Gasteiger partial charge in [0.05, 0.1) is 0 Å². The van der Waals surface area contributed by atoms with Crippen LogP contribution in [-0.2, 0) is 15.8 Å². The van der Waals surface area contributed by atoms with E-state index in [1.165, 1.54) is 12.3 Å². The van der Waals surface area contributed by atoms with E-state index < -0.39 is 23.7 Å². The van der Waals surface area contributed by atoms with Crippen molar-refractivity contribution in [3.8, 4) is 5.88 Å². The topological polar surface area (TPSA) is 101 Å². The fourth-order valence-corrected chi connectivity index (χ4v) is 5.36. The fraction of sp³-hybridized carbons (Fsp3) is 0.643. The number of allylic oxidation sites excluding steroid dienone is 1. The molecule has 2 heterocycles. The number of nitrogens with zero attached hydrogens (tertiary/aromatic N) is 4. The lowest BCUT2D eigenvalue weighted by atomic mass is 10.00. The molecular weight excluding hydrogens is 511 g/mol. The minimum atomic E-state index is -4.56. The molecule has 1 saturated carbocycles. The highest BCUT2D eigenvalue weighted by atomic mass is 19.4. The number of hydrogen-bond donors (Lipinski definition) is 1. The van der Waals surface area contributed by atoms with Crippen molar-refractivity contribution in [3.05, 3.63) is 35.2 Å². The van der Waals surface area contributed by atoms with Crippen molar-refractivity contribution in [1.82, 2.24) is 14.8 Å². The monoisotopic (exact) mass is 551 g/mol. The van der Waals surface area contributed by atoms with E-state index in [1.54, 1.807) is 9.80 Å². The van der Waals surface area contributed by atoms with Crippen molar-refractivity contribution < 1.29 is 27.5 Å². The van der Waals surface area contributed by atoms with Gasteiger partial charge in [-0.2, -0.15) is 13.2 Å². The van der Waals surface area contributed by atoms with Crippen molar-refractivity contribution in [2.24, 2.45) is 16.6 Å². The summed E-state index contributed by atoms with van der Waals surface area (Å²) in [4.78, 5) is 38.0. The first kappa shape index (κ1) is 30.4. The van der Waals surface area contributed by atoms with Crippen LogP contribution in [-0.4, -0.2) is 70.6 Å². The Labute approximate surface area is 228 Å². The van der Waals surface area contributed by atoms with Crippen LogP contribution in [0.3, 0.4) is 0 Å². The van der Waals surface area contributed by atoms with E-state index in [4.69, 9.17) is 10.5 Å². The highest BCUT2D eigenvalue weighted by Gasteiger charge is 2.37. The van der Waals surface area contributed by atoms with Gasteiger partial charge in [-0.25, -0.2) is 4.98 Å². The number of amides is 2. The summed E-state index contributed by atoms with van der Waals surface area (Å²) in [5.41, 5.74) is 7.12. The standard InChI is InChI=1S/C28H40F3N5O3/c1-5-13-35(14-6-2)27(38)25(32)24-18(3)9-10-22(24)34-17-23(37)36-15-11-20(16-19(36)4)39-26-21(28(29,30)31)8-7-12-33-26/h7-8,12,18-20H,5-6,9-11,13-17,32H2,1-4H3/b25-24-,34-22?. The van der Waals surface area contributed by atoms with Gasteiger partial charge in [-0.15, -0.1) is 0 Å². The van der Waals surface area contributed by atoms with Gasteiger partial charge in [-0.1, -0.05) is 20.8 Å². The molecule has 1 aliphatic heterocycles. The largest absolute Gasteiger partial charge is 0.474 e. The number of likely N-dealkylation sites (tertiary alicyclic amines) is 1. The zero-order valence-corrected chi connectivity index (χ0v) is 23.3. The average molecular weight is 552 g/mol. The van der Waals surface area contributed by atoms with Crippen LogP contribution in [0.1, 0.15) is 71.8 Å². The Morgan fingerprint density at radius 3 is 2.51 bits per heavy atom. The number of halogens is 3. The van der Waals surface area contributed by atoms with Crippen LogP contribution in [0.4, 0.5) is 13.2 Å². The van der Waals surface area contributed by atoms with Crippen molar-refractivity contribution >= 4 is 17.5 Å². The summed E-state index contributed by atoms with van der Waals surface area (Å²) in [6.45, 7) is 9.43. The van der Waals surface area contributed by atoms with Crippen LogP contribution in [0.15, 0.2) is 34.6 Å². The molecule has 0 aromatic carbocycles. The number of pyridine rings is 1. The average Bonchev–Trinajstić information content (AvgIpc) is 3.26. The van der Waals surface area contributed by atoms with Gasteiger partial charge < -0.3 is 20.3 Å². The molecule has 2 fully saturated rings. The normalized spacial score (nSPS) is 24.1. The SMILES string of the molecule is CCCN(CCC)C(=O)/C(N)=C1/C(=NCC(=O)N2CCC(Oc3ncccc3C(F)(F)F)CC2C)CCC1C. The maximum absolute atomic E-state index is 13.3. The van der Waals surface area contributed by atoms with E-state index in [2.05, 4.69) is 9.98 Å². The molecule has 1 aromatic rings. The number of carbonyl (C=O) groups excluding carboxylic acids is 2. The lowest BCUT2D eigenvalue weighted by molar-refractivity contribution is -0.140. The summed E-state index contributed by atoms with van der Waals surface area (Å²) in [7, 11) is 0. The Balaban J connectivity index is 1.66. The molecule has 1 saturated heterocycles. The fourth-order valence-electron chi connectivity index (χ4n) is 5.36. The number of ether oxygens (including phenoxy) is 1. The molecule has 8 nitrogen and oxygen atoms in total. The van der Waals surface area contributed by atoms with Gasteiger partial charge in [0.2, 0.25) is 11.8 Å². The summed E-state index contributed by atoms with van der Waals surface area (Å²) >= 11 is 0. The molecule has 2 N–H and O–H groups in total. The molecule has 11 heteroatoms. The van der Waals surface area contributed by atoms with Gasteiger partial charge in [0.25, 0.3) is 5.91 Å². The molecule has 3 rings (SSSR count). The Hall–Kier alpha value is -3.11. The third-order valence-electron chi connectivity index (χ3n) is 7.32. The molecule has 3 atom stereocenters. The zero-order chi connectivity index (χ0) is 28.7. The summed E-state index contributed by atoms with van der Waals surface area (Å²) in [5.74, 6) is -0.719. The van der Waals surface area contributed by atoms with Crippen LogP contribution in [0.25, 0.3) is 0 Å². The Kier molecular flexibility index (Phi) is 10.4. The Bertz CT molecular complexity index is 1080. The molecule has 3 unspecified atom stereocenters. The van der Waals surface area contributed by atoms with E-state index in [1.807, 2.05) is 27.7 Å². The molecule has 2 amide bonds. The van der Waals surface area contributed by atoms with Gasteiger partial charge in [-0.05, 0) is 50.7 Å². The molecular formula is C28H40F3N5O3. The van der Waals surface area contributed by atoms with E-state index in [-0.39, 0.29) is 36.0 Å². The molecule has 0 spiro atoms. The molecule has 2 aliphatic rings. The lowest BCUT2D eigenvalue weighted by Crippen LogP contribution is -2.48. The second-order valence-electron chi connectivity index (χ2n) is 10.4. The number of hydrogen-bond acceptors (Lipinski definition) is 6. The number of piperidine rings is 1. The number of aromatic nitrogens is 1. The first-order valence-corrected chi connectivity index (χ1v) is 13.8. The summed E-state index contributed by atoms with van der Waals surface area (Å²) < 4.78 is 45.5. The molecule has 0 bridgehead atoms. The predicted molar refractivity (Wildman–Crippen MR) is 143 cm³/mol. The minimum absolute atomic E-state index is 0.0744. The van der Waals surface area contributed by atoms with Gasteiger partial charge >= 0.3 is 6.18 Å². The van der Waals surface area contributed by atoms with Gasteiger partial charge in [0.1, 0.15) is 23.9 Å². The first-order chi connectivity index (χ1) is 18.5. The molecule has 39 heavy (non-hydrogen) atoms. The summed E-state index contributed by atoms with van der Waals surface area (Å²) in [5, 5.41) is 0. The summed E-state index contributed by atoms with van der Waals surface area (Å²) in [6.07, 6.45) is 0.116. The van der Waals surface area contributed by atoms with E-state index in [0.717, 1.165) is 30.9 Å². The highest BCUT2D eigenvalue weighted by Crippen LogP contribution is 2.36. The predicted octanol–water partition coefficient (Wildman–Crippen LogP) is 4.59. The number of nitrogens with two attached hydrogens (primary N) is 1. The quantitative estimate of drug-likeness (QED) is 0.453. The maximum atomic E-state index is 13.3. The summed E-state index contributed by atoms with van der Waals surface area (Å²) in [6, 6.07) is 1.93. The first-order valence-electron chi connectivity index (χ1n) is 13.8. The van der Waals surface area contributed by atoms with E-state index in [0.29, 0.717) is 44.6 Å². The van der Waals surface area contributed by atoms with Crippen molar-refractivity contribution in [2.45, 2.75) is 84.5 Å². The van der Waals surface area contributed by atoms with E-state index >= 15 is 0 Å². The second-order valence-corrected chi connectivity index (χ2v) is 10.4. The van der Waals surface area contributed by atoms with Crippen LogP contribution < -0.4 is 10.5 Å². The number of rotatable bonds is 9. The van der Waals surface area contributed by atoms with Crippen LogP contribution >= 0.6 is 0 Å². The smallest absolute Gasteiger partial charge is 0.421 e.